The number of anilines is 1. The van der Waals surface area contributed by atoms with Crippen molar-refractivity contribution >= 4 is 21.6 Å². The van der Waals surface area contributed by atoms with Gasteiger partial charge in [0, 0.05) is 19.1 Å². The van der Waals surface area contributed by atoms with Crippen LogP contribution in [-0.2, 0) is 6.54 Å². The molecule has 0 unspecified atom stereocenters. The summed E-state index contributed by atoms with van der Waals surface area (Å²) in [4.78, 5) is 12.0. The van der Waals surface area contributed by atoms with Crippen LogP contribution in [0.15, 0.2) is 15.5 Å². The fourth-order valence-corrected chi connectivity index (χ4v) is 2.79. The van der Waals surface area contributed by atoms with E-state index in [1.54, 1.807) is 6.20 Å². The second-order valence-corrected chi connectivity index (χ2v) is 5.70. The predicted octanol–water partition coefficient (Wildman–Crippen LogP) is 1.97. The summed E-state index contributed by atoms with van der Waals surface area (Å²) in [6.45, 7) is 4.67. The molecule has 0 saturated carbocycles. The van der Waals surface area contributed by atoms with E-state index in [1.807, 2.05) is 6.92 Å². The summed E-state index contributed by atoms with van der Waals surface area (Å²) < 4.78 is 2.07. The fourth-order valence-electron chi connectivity index (χ4n) is 2.34. The lowest BCUT2D eigenvalue weighted by molar-refractivity contribution is 0.563. The van der Waals surface area contributed by atoms with Crippen LogP contribution in [0.1, 0.15) is 32.6 Å². The monoisotopic (exact) mass is 328 g/mol. The van der Waals surface area contributed by atoms with Gasteiger partial charge in [0.1, 0.15) is 4.47 Å². The molecule has 2 N–H and O–H groups in total. The Hall–Kier alpha value is -0.880. The minimum absolute atomic E-state index is 0.0640. The minimum atomic E-state index is -0.0640. The molecule has 1 saturated heterocycles. The third-order valence-corrected chi connectivity index (χ3v) is 4.16. The Morgan fingerprint density at radius 3 is 3.16 bits per heavy atom. The van der Waals surface area contributed by atoms with E-state index in [2.05, 4.69) is 31.7 Å². The van der Waals surface area contributed by atoms with Gasteiger partial charge < -0.3 is 10.6 Å². The van der Waals surface area contributed by atoms with Gasteiger partial charge in [0.25, 0.3) is 5.56 Å². The number of hydrogen-bond donors (Lipinski definition) is 2. The number of halogens is 1. The molecule has 6 heteroatoms. The molecule has 1 fully saturated rings. The highest BCUT2D eigenvalue weighted by atomic mass is 79.9. The molecule has 1 aromatic rings. The van der Waals surface area contributed by atoms with Gasteiger partial charge in [0.2, 0.25) is 0 Å². The number of rotatable bonds is 6. The Balaban J connectivity index is 1.92. The van der Waals surface area contributed by atoms with Gasteiger partial charge in [0.15, 0.2) is 0 Å². The van der Waals surface area contributed by atoms with Crippen LogP contribution in [0.2, 0.25) is 0 Å². The summed E-state index contributed by atoms with van der Waals surface area (Å²) in [5, 5.41) is 10.9. The van der Waals surface area contributed by atoms with Gasteiger partial charge in [-0.3, -0.25) is 4.79 Å². The fraction of sp³-hybridized carbons (Fsp3) is 0.692. The average Bonchev–Trinajstić information content (AvgIpc) is 2.91. The highest BCUT2D eigenvalue weighted by molar-refractivity contribution is 9.10. The summed E-state index contributed by atoms with van der Waals surface area (Å²) in [6, 6.07) is 0.611. The summed E-state index contributed by atoms with van der Waals surface area (Å²) in [6.07, 6.45) is 6.22. The van der Waals surface area contributed by atoms with Crippen molar-refractivity contribution in [3.63, 3.8) is 0 Å². The van der Waals surface area contributed by atoms with Gasteiger partial charge in [0.05, 0.1) is 11.9 Å². The van der Waals surface area contributed by atoms with Gasteiger partial charge in [-0.1, -0.05) is 6.92 Å². The summed E-state index contributed by atoms with van der Waals surface area (Å²) >= 11 is 3.36. The molecule has 0 bridgehead atoms. The van der Waals surface area contributed by atoms with Crippen molar-refractivity contribution in [1.82, 2.24) is 15.1 Å². The van der Waals surface area contributed by atoms with Crippen LogP contribution in [0, 0.1) is 0 Å². The molecule has 5 nitrogen and oxygen atoms in total. The van der Waals surface area contributed by atoms with E-state index in [4.69, 9.17) is 0 Å². The zero-order chi connectivity index (χ0) is 13.7. The first kappa shape index (κ1) is 14.5. The van der Waals surface area contributed by atoms with Crippen LogP contribution in [0.25, 0.3) is 0 Å². The smallest absolute Gasteiger partial charge is 0.283 e. The first-order valence-corrected chi connectivity index (χ1v) is 7.74. The molecule has 1 aliphatic rings. The van der Waals surface area contributed by atoms with Gasteiger partial charge in [-0.25, -0.2) is 4.68 Å². The standard InChI is InChI=1S/C13H21BrN4O/c1-2-8-18-13(19)12(14)11(9-17-18)16-7-5-10-4-3-6-15-10/h9-10,15-16H,2-8H2,1H3/t10-/m1/s1. The molecule has 2 rings (SSSR count). The number of nitrogens with zero attached hydrogens (tertiary/aromatic N) is 2. The van der Waals surface area contributed by atoms with Crippen LogP contribution >= 0.6 is 15.9 Å². The van der Waals surface area contributed by atoms with Crippen LogP contribution in [0.5, 0.6) is 0 Å². The lowest BCUT2D eigenvalue weighted by Gasteiger charge is -2.13. The Morgan fingerprint density at radius 1 is 1.63 bits per heavy atom. The van der Waals surface area contributed by atoms with E-state index in [9.17, 15) is 4.79 Å². The summed E-state index contributed by atoms with van der Waals surface area (Å²) in [5.41, 5.74) is 0.723. The van der Waals surface area contributed by atoms with Crippen LogP contribution < -0.4 is 16.2 Å². The second kappa shape index (κ2) is 7.05. The van der Waals surface area contributed by atoms with Gasteiger partial charge in [-0.05, 0) is 48.2 Å². The largest absolute Gasteiger partial charge is 0.383 e. The lowest BCUT2D eigenvalue weighted by Crippen LogP contribution is -2.26. The van der Waals surface area contributed by atoms with Crippen molar-refractivity contribution in [2.24, 2.45) is 0 Å². The van der Waals surface area contributed by atoms with Crippen molar-refractivity contribution in [1.29, 1.82) is 0 Å². The highest BCUT2D eigenvalue weighted by Crippen LogP contribution is 2.17. The van der Waals surface area contributed by atoms with E-state index in [1.165, 1.54) is 17.5 Å². The van der Waals surface area contributed by atoms with Gasteiger partial charge >= 0.3 is 0 Å². The Bertz CT molecular complexity index is 468. The topological polar surface area (TPSA) is 59.0 Å². The van der Waals surface area contributed by atoms with E-state index in [-0.39, 0.29) is 5.56 Å². The molecule has 0 amide bonds. The van der Waals surface area contributed by atoms with Crippen LogP contribution in [-0.4, -0.2) is 28.9 Å². The molecule has 0 spiro atoms. The van der Waals surface area contributed by atoms with Crippen molar-refractivity contribution in [2.45, 2.75) is 45.2 Å². The summed E-state index contributed by atoms with van der Waals surface area (Å²) in [7, 11) is 0. The number of nitrogens with one attached hydrogen (secondary N) is 2. The Kier molecular flexibility index (Phi) is 5.39. The van der Waals surface area contributed by atoms with Crippen molar-refractivity contribution in [3.8, 4) is 0 Å². The van der Waals surface area contributed by atoms with Crippen LogP contribution in [0.3, 0.4) is 0 Å². The molecule has 1 atom stereocenters. The molecule has 1 aromatic heterocycles. The minimum Gasteiger partial charge on any atom is -0.383 e. The first-order valence-electron chi connectivity index (χ1n) is 6.95. The predicted molar refractivity (Wildman–Crippen MR) is 80.6 cm³/mol. The Labute approximate surface area is 121 Å². The molecular formula is C13H21BrN4O. The molecule has 19 heavy (non-hydrogen) atoms. The molecule has 0 aromatic carbocycles. The third kappa shape index (κ3) is 3.79. The van der Waals surface area contributed by atoms with Crippen molar-refractivity contribution < 1.29 is 0 Å². The molecule has 1 aliphatic heterocycles. The maximum atomic E-state index is 12.0. The van der Waals surface area contributed by atoms with E-state index in [0.29, 0.717) is 17.1 Å². The molecule has 106 valence electrons. The SMILES string of the molecule is CCCn1ncc(NCC[C@H]2CCCN2)c(Br)c1=O. The average molecular weight is 329 g/mol. The number of aryl methyl sites for hydroxylation is 1. The van der Waals surface area contributed by atoms with Gasteiger partial charge in [-0.15, -0.1) is 0 Å². The zero-order valence-electron chi connectivity index (χ0n) is 11.3. The molecule has 0 radical (unpaired) electrons. The highest BCUT2D eigenvalue weighted by Gasteiger charge is 2.14. The maximum Gasteiger partial charge on any atom is 0.283 e. The van der Waals surface area contributed by atoms with E-state index < -0.39 is 0 Å². The summed E-state index contributed by atoms with van der Waals surface area (Å²) in [5.74, 6) is 0. The van der Waals surface area contributed by atoms with Gasteiger partial charge in [-0.2, -0.15) is 5.10 Å². The molecular weight excluding hydrogens is 308 g/mol. The number of hydrogen-bond acceptors (Lipinski definition) is 4. The zero-order valence-corrected chi connectivity index (χ0v) is 12.9. The normalized spacial score (nSPS) is 18.7. The van der Waals surface area contributed by atoms with Crippen molar-refractivity contribution in [2.75, 3.05) is 18.4 Å². The van der Waals surface area contributed by atoms with Crippen LogP contribution in [0.4, 0.5) is 5.69 Å². The third-order valence-electron chi connectivity index (χ3n) is 3.39. The molecule has 2 heterocycles. The second-order valence-electron chi connectivity index (χ2n) is 4.91. The Morgan fingerprint density at radius 2 is 2.47 bits per heavy atom. The number of aromatic nitrogens is 2. The quantitative estimate of drug-likeness (QED) is 0.838. The lowest BCUT2D eigenvalue weighted by atomic mass is 10.1. The maximum absolute atomic E-state index is 12.0. The van der Waals surface area contributed by atoms with Crippen molar-refractivity contribution in [3.05, 3.63) is 21.0 Å². The van der Waals surface area contributed by atoms with E-state index >= 15 is 0 Å². The molecule has 0 aliphatic carbocycles. The first-order chi connectivity index (χ1) is 9.22. The van der Waals surface area contributed by atoms with E-state index in [0.717, 1.165) is 31.6 Å².